The summed E-state index contributed by atoms with van der Waals surface area (Å²) >= 11 is 3.51. The summed E-state index contributed by atoms with van der Waals surface area (Å²) in [5, 5.41) is 0. The second-order valence-corrected chi connectivity index (χ2v) is 14.3. The largest absolute Gasteiger partial charge is 0.338 e. The van der Waals surface area contributed by atoms with Crippen LogP contribution in [0.5, 0.6) is 0 Å². The van der Waals surface area contributed by atoms with Crippen molar-refractivity contribution in [3.05, 3.63) is 136 Å². The second-order valence-electron chi connectivity index (χ2n) is 13.4. The minimum absolute atomic E-state index is 0.0116. The van der Waals surface area contributed by atoms with E-state index in [0.717, 1.165) is 62.9 Å². The highest BCUT2D eigenvalue weighted by atomic mass is 79.9. The average Bonchev–Trinajstić information content (AvgIpc) is 3.65. The Morgan fingerprint density at radius 1 is 0.783 bits per heavy atom. The number of amides is 2. The molecule has 0 unspecified atom stereocenters. The Kier molecular flexibility index (Phi) is 9.05. The normalized spacial score (nSPS) is 21.3. The molecule has 1 aromatic heterocycles. The molecule has 0 radical (unpaired) electrons. The highest BCUT2D eigenvalue weighted by Crippen LogP contribution is 2.43. The molecule has 3 aromatic carbocycles. The quantitative estimate of drug-likeness (QED) is 0.206. The van der Waals surface area contributed by atoms with Crippen molar-refractivity contribution in [2.45, 2.75) is 38.1 Å². The number of likely N-dealkylation sites (tertiary alicyclic amines) is 3. The summed E-state index contributed by atoms with van der Waals surface area (Å²) in [6, 6.07) is 33.4. The van der Waals surface area contributed by atoms with Gasteiger partial charge in [-0.2, -0.15) is 0 Å². The second kappa shape index (κ2) is 13.5. The first-order chi connectivity index (χ1) is 22.5. The molecule has 3 aliphatic heterocycles. The highest BCUT2D eigenvalue weighted by molar-refractivity contribution is 9.10. The van der Waals surface area contributed by atoms with Crippen molar-refractivity contribution in [2.24, 2.45) is 11.3 Å². The molecule has 0 saturated carbocycles. The van der Waals surface area contributed by atoms with Gasteiger partial charge in [0.25, 0.3) is 5.91 Å². The van der Waals surface area contributed by atoms with Gasteiger partial charge in [-0.1, -0.05) is 88.7 Å². The Labute approximate surface area is 280 Å². The van der Waals surface area contributed by atoms with E-state index in [0.29, 0.717) is 30.6 Å². The van der Waals surface area contributed by atoms with Crippen molar-refractivity contribution in [2.75, 3.05) is 39.3 Å². The zero-order valence-corrected chi connectivity index (χ0v) is 27.8. The Hall–Kier alpha value is -3.81. The van der Waals surface area contributed by atoms with Gasteiger partial charge in [-0.05, 0) is 91.2 Å². The first-order valence-electron chi connectivity index (χ1n) is 16.6. The summed E-state index contributed by atoms with van der Waals surface area (Å²) in [6.07, 6.45) is 5.36. The standard InChI is InChI=1S/C39H41BrN4O2/c40-34-15-13-30(14-16-34)24-29-9-11-31(12-10-29)25-43-23-19-39(38(43)46)17-21-42(22-18-39)26-33-27-44(37(45)36-8-4-5-20-41-36)28-35(33)32-6-2-1-3-7-32/h1-16,20,33,35H,17-19,21-28H2/t33-,35+/m0/s1. The number of carbonyl (C=O) groups is 2. The molecule has 3 aliphatic rings. The number of rotatable bonds is 8. The van der Waals surface area contributed by atoms with E-state index in [9.17, 15) is 9.59 Å². The number of pyridine rings is 1. The summed E-state index contributed by atoms with van der Waals surface area (Å²) in [5.41, 5.74) is 5.34. The summed E-state index contributed by atoms with van der Waals surface area (Å²) in [7, 11) is 0. The minimum Gasteiger partial charge on any atom is -0.338 e. The number of halogens is 1. The zero-order valence-electron chi connectivity index (χ0n) is 26.2. The van der Waals surface area contributed by atoms with Gasteiger partial charge in [0.15, 0.2) is 0 Å². The van der Waals surface area contributed by atoms with Gasteiger partial charge in [0.2, 0.25) is 5.91 Å². The Morgan fingerprint density at radius 3 is 2.13 bits per heavy atom. The fraction of sp³-hybridized carbons (Fsp3) is 0.359. The lowest BCUT2D eigenvalue weighted by molar-refractivity contribution is -0.139. The molecule has 7 rings (SSSR count). The van der Waals surface area contributed by atoms with Crippen molar-refractivity contribution in [1.82, 2.24) is 19.7 Å². The van der Waals surface area contributed by atoms with E-state index in [1.54, 1.807) is 12.3 Å². The van der Waals surface area contributed by atoms with Gasteiger partial charge >= 0.3 is 0 Å². The summed E-state index contributed by atoms with van der Waals surface area (Å²) in [5.74, 6) is 0.972. The van der Waals surface area contributed by atoms with Gasteiger partial charge in [-0.15, -0.1) is 0 Å². The molecule has 4 aromatic rings. The van der Waals surface area contributed by atoms with Crippen LogP contribution >= 0.6 is 15.9 Å². The summed E-state index contributed by atoms with van der Waals surface area (Å²) < 4.78 is 1.09. The molecule has 4 heterocycles. The van der Waals surface area contributed by atoms with Crippen LogP contribution in [-0.4, -0.2) is 70.8 Å². The van der Waals surface area contributed by atoms with Gasteiger partial charge in [0.05, 0.1) is 5.41 Å². The lowest BCUT2D eigenvalue weighted by atomic mass is 9.76. The van der Waals surface area contributed by atoms with E-state index in [1.807, 2.05) is 17.0 Å². The molecule has 1 spiro atoms. The maximum atomic E-state index is 13.8. The molecular formula is C39H41BrN4O2. The van der Waals surface area contributed by atoms with Crippen molar-refractivity contribution in [3.8, 4) is 0 Å². The van der Waals surface area contributed by atoms with Crippen molar-refractivity contribution >= 4 is 27.7 Å². The SMILES string of the molecule is O=C(c1ccccn1)N1C[C@H](CN2CCC3(CC2)CCN(Cc2ccc(Cc4ccc(Br)cc4)cc2)C3=O)[C@@H](c2ccccc2)C1. The first-order valence-corrected chi connectivity index (χ1v) is 17.3. The molecule has 2 atom stereocenters. The van der Waals surface area contributed by atoms with Crippen LogP contribution in [0.3, 0.4) is 0 Å². The molecular weight excluding hydrogens is 636 g/mol. The molecule has 0 bridgehead atoms. The van der Waals surface area contributed by atoms with E-state index in [2.05, 4.69) is 110 Å². The average molecular weight is 678 g/mol. The molecule has 0 N–H and O–H groups in total. The van der Waals surface area contributed by atoms with Gasteiger partial charge in [-0.3, -0.25) is 14.6 Å². The third-order valence-corrected chi connectivity index (χ3v) is 11.0. The minimum atomic E-state index is -0.229. The predicted octanol–water partition coefficient (Wildman–Crippen LogP) is 6.81. The lowest BCUT2D eigenvalue weighted by Crippen LogP contribution is -2.46. The van der Waals surface area contributed by atoms with E-state index in [1.165, 1.54) is 22.3 Å². The molecule has 3 saturated heterocycles. The molecule has 7 heteroatoms. The Bertz CT molecular complexity index is 1640. The van der Waals surface area contributed by atoms with E-state index in [4.69, 9.17) is 0 Å². The van der Waals surface area contributed by atoms with Crippen LogP contribution in [0.2, 0.25) is 0 Å². The molecule has 3 fully saturated rings. The predicted molar refractivity (Wildman–Crippen MR) is 184 cm³/mol. The third-order valence-electron chi connectivity index (χ3n) is 10.5. The zero-order chi connectivity index (χ0) is 31.5. The van der Waals surface area contributed by atoms with Gasteiger partial charge in [-0.25, -0.2) is 0 Å². The fourth-order valence-electron chi connectivity index (χ4n) is 7.77. The monoisotopic (exact) mass is 676 g/mol. The van der Waals surface area contributed by atoms with Crippen LogP contribution < -0.4 is 0 Å². The number of hydrogen-bond donors (Lipinski definition) is 0. The Morgan fingerprint density at radius 2 is 1.43 bits per heavy atom. The third kappa shape index (κ3) is 6.67. The van der Waals surface area contributed by atoms with Crippen LogP contribution in [-0.2, 0) is 17.8 Å². The number of hydrogen-bond acceptors (Lipinski definition) is 4. The van der Waals surface area contributed by atoms with Crippen LogP contribution in [0.25, 0.3) is 0 Å². The number of carbonyl (C=O) groups excluding carboxylic acids is 2. The van der Waals surface area contributed by atoms with Crippen molar-refractivity contribution < 1.29 is 9.59 Å². The van der Waals surface area contributed by atoms with Gasteiger partial charge in [0, 0.05) is 49.3 Å². The topological polar surface area (TPSA) is 56.8 Å². The highest BCUT2D eigenvalue weighted by Gasteiger charge is 2.48. The number of benzene rings is 3. The smallest absolute Gasteiger partial charge is 0.272 e. The van der Waals surface area contributed by atoms with Gasteiger partial charge < -0.3 is 14.7 Å². The summed E-state index contributed by atoms with van der Waals surface area (Å²) in [4.78, 5) is 38.1. The molecule has 2 amide bonds. The first kappa shape index (κ1) is 30.8. The van der Waals surface area contributed by atoms with E-state index in [-0.39, 0.29) is 17.2 Å². The molecule has 6 nitrogen and oxygen atoms in total. The maximum Gasteiger partial charge on any atom is 0.272 e. The summed E-state index contributed by atoms with van der Waals surface area (Å²) in [6.45, 7) is 5.75. The fourth-order valence-corrected chi connectivity index (χ4v) is 8.04. The maximum absolute atomic E-state index is 13.8. The van der Waals surface area contributed by atoms with Gasteiger partial charge in [0.1, 0.15) is 5.69 Å². The van der Waals surface area contributed by atoms with Crippen LogP contribution in [0.15, 0.2) is 108 Å². The number of aromatic nitrogens is 1. The Balaban J connectivity index is 0.950. The van der Waals surface area contributed by atoms with Crippen LogP contribution in [0.1, 0.15) is 57.9 Å². The molecule has 46 heavy (non-hydrogen) atoms. The lowest BCUT2D eigenvalue weighted by Gasteiger charge is -2.39. The number of piperidine rings is 1. The van der Waals surface area contributed by atoms with Crippen molar-refractivity contribution in [3.63, 3.8) is 0 Å². The van der Waals surface area contributed by atoms with Crippen molar-refractivity contribution in [1.29, 1.82) is 0 Å². The molecule has 0 aliphatic carbocycles. The van der Waals surface area contributed by atoms with E-state index < -0.39 is 0 Å². The van der Waals surface area contributed by atoms with Crippen LogP contribution in [0.4, 0.5) is 0 Å². The van der Waals surface area contributed by atoms with Crippen LogP contribution in [0, 0.1) is 11.3 Å². The number of nitrogens with zero attached hydrogens (tertiary/aromatic N) is 4. The molecule has 236 valence electrons. The van der Waals surface area contributed by atoms with E-state index >= 15 is 0 Å².